The zero-order valence-corrected chi connectivity index (χ0v) is 38.5. The first kappa shape index (κ1) is 45.8. The Labute approximate surface area is 359 Å². The summed E-state index contributed by atoms with van der Waals surface area (Å²) in [5.74, 6) is 10.5. The number of allylic oxidation sites excluding steroid dienone is 4. The molecule has 0 saturated heterocycles. The second-order valence-electron chi connectivity index (χ2n) is 20.8. The van der Waals surface area contributed by atoms with Crippen LogP contribution in [0.15, 0.2) is 71.8 Å². The van der Waals surface area contributed by atoms with Gasteiger partial charge in [-0.2, -0.15) is 0 Å². The van der Waals surface area contributed by atoms with Gasteiger partial charge in [0.1, 0.15) is 5.75 Å². The lowest BCUT2D eigenvalue weighted by Crippen LogP contribution is -2.22. The Kier molecular flexibility index (Phi) is 19.4. The molecule has 1 heteroatoms. The smallest absolute Gasteiger partial charge is 0.118 e. The predicted molar refractivity (Wildman–Crippen MR) is 258 cm³/mol. The van der Waals surface area contributed by atoms with Crippen molar-refractivity contribution in [1.29, 1.82) is 0 Å². The lowest BCUT2D eigenvalue weighted by Gasteiger charge is -2.34. The van der Waals surface area contributed by atoms with Gasteiger partial charge in [-0.05, 0) is 186 Å². The van der Waals surface area contributed by atoms with Crippen molar-refractivity contribution in [3.05, 3.63) is 88.5 Å². The van der Waals surface area contributed by atoms with Crippen LogP contribution < -0.4 is 4.74 Å². The van der Waals surface area contributed by atoms with E-state index >= 15 is 0 Å². The lowest BCUT2D eigenvalue weighted by atomic mass is 9.72. The van der Waals surface area contributed by atoms with Gasteiger partial charge in [0.25, 0.3) is 0 Å². The van der Waals surface area contributed by atoms with Gasteiger partial charge in [0.2, 0.25) is 0 Å². The molecule has 0 spiro atoms. The van der Waals surface area contributed by atoms with Crippen LogP contribution in [0.25, 0.3) is 0 Å². The van der Waals surface area contributed by atoms with Crippen LogP contribution in [0.1, 0.15) is 217 Å². The van der Waals surface area contributed by atoms with Crippen molar-refractivity contribution in [2.45, 2.75) is 202 Å². The average Bonchev–Trinajstić information content (AvgIpc) is 3.24. The molecule has 2 aromatic rings. The van der Waals surface area contributed by atoms with Crippen LogP contribution in [-0.2, 0) is 0 Å². The van der Waals surface area contributed by atoms with E-state index in [0.29, 0.717) is 0 Å². The molecule has 4 saturated carbocycles. The van der Waals surface area contributed by atoms with E-state index in [2.05, 4.69) is 109 Å². The van der Waals surface area contributed by atoms with E-state index in [0.717, 1.165) is 64.9 Å². The Hall–Kier alpha value is -2.28. The zero-order chi connectivity index (χ0) is 40.6. The number of ether oxygens (including phenoxy) is 1. The molecule has 2 aromatic carbocycles. The van der Waals surface area contributed by atoms with Crippen molar-refractivity contribution in [3.63, 3.8) is 0 Å². The molecule has 57 heavy (non-hydrogen) atoms. The number of methoxy groups -OCH3 is 1. The van der Waals surface area contributed by atoms with Gasteiger partial charge in [-0.15, -0.1) is 0 Å². The van der Waals surface area contributed by atoms with Crippen molar-refractivity contribution in [2.75, 3.05) is 7.11 Å². The van der Waals surface area contributed by atoms with Gasteiger partial charge in [0.15, 0.2) is 0 Å². The molecule has 6 aliphatic carbocycles. The number of hydrogen-bond acceptors (Lipinski definition) is 1. The van der Waals surface area contributed by atoms with E-state index in [1.807, 2.05) is 5.57 Å². The highest BCUT2D eigenvalue weighted by atomic mass is 16.5. The third-order valence-corrected chi connectivity index (χ3v) is 15.8. The van der Waals surface area contributed by atoms with Crippen molar-refractivity contribution >= 4 is 0 Å². The quantitative estimate of drug-likeness (QED) is 0.274. The number of benzene rings is 2. The third-order valence-electron chi connectivity index (χ3n) is 15.8. The molecule has 6 aliphatic rings. The Morgan fingerprint density at radius 2 is 0.877 bits per heavy atom. The largest absolute Gasteiger partial charge is 0.497 e. The van der Waals surface area contributed by atoms with E-state index in [4.69, 9.17) is 4.74 Å². The molecule has 0 aliphatic heterocycles. The molecule has 326 valence electrons. The third kappa shape index (κ3) is 15.7. The standard InChI is InChI=1S/C14H20O.2C14H24.C14H20.4H2/c1-11-3-5-12(6-4-11)13-7-9-14(15-2)10-8-13;3*1-11-3-7-13(8-4-11)14-9-5-12(2)6-10-14;;;;/h7-12H,3-6H2,1-2H3;7,11-12,14H,3-6,8-10H2,1-2H3;3,12-14H,4-10H2,1-2H3;3-4,7-8,12,14H,5-6,9-10H2,1-2H3;4*1H. The first-order valence-corrected chi connectivity index (χ1v) is 24.6. The SMILES string of the molecule is CC1=CCC(C2CCC(C)CC2)CC1.CC1CC=C(C2CCC(C)CC2)CC1.COc1ccc(C2CCC(C)CC2)cc1.Cc1ccc(C2CCC(C)CC2)cc1.[HH].[HH].[HH].[HH]. The van der Waals surface area contributed by atoms with Gasteiger partial charge in [-0.3, -0.25) is 0 Å². The molecule has 2 atom stereocenters. The molecule has 0 heterocycles. The monoisotopic (exact) mass is 785 g/mol. The molecular weight excluding hydrogens is 689 g/mol. The van der Waals surface area contributed by atoms with Crippen LogP contribution >= 0.6 is 0 Å². The molecule has 0 radical (unpaired) electrons. The van der Waals surface area contributed by atoms with Crippen LogP contribution in [0.5, 0.6) is 5.75 Å². The summed E-state index contributed by atoms with van der Waals surface area (Å²) >= 11 is 0. The van der Waals surface area contributed by atoms with E-state index in [1.54, 1.807) is 18.2 Å². The van der Waals surface area contributed by atoms with Crippen LogP contribution in [-0.4, -0.2) is 7.11 Å². The average molecular weight is 785 g/mol. The predicted octanol–water partition coefficient (Wildman–Crippen LogP) is 18.4. The minimum absolute atomic E-state index is 0. The molecule has 8 rings (SSSR count). The molecule has 0 N–H and O–H groups in total. The van der Waals surface area contributed by atoms with E-state index in [9.17, 15) is 0 Å². The van der Waals surface area contributed by atoms with Crippen LogP contribution in [0.4, 0.5) is 0 Å². The van der Waals surface area contributed by atoms with E-state index in [1.165, 1.54) is 152 Å². The molecule has 0 aromatic heterocycles. The van der Waals surface area contributed by atoms with Crippen molar-refractivity contribution in [3.8, 4) is 5.75 Å². The number of aryl methyl sites for hydroxylation is 1. The molecule has 2 unspecified atom stereocenters. The Morgan fingerprint density at radius 1 is 0.421 bits per heavy atom. The highest BCUT2D eigenvalue weighted by molar-refractivity contribution is 5.29. The van der Waals surface area contributed by atoms with Gasteiger partial charge in [-0.1, -0.05) is 151 Å². The van der Waals surface area contributed by atoms with Crippen LogP contribution in [0, 0.1) is 54.3 Å². The fourth-order valence-corrected chi connectivity index (χ4v) is 11.1. The van der Waals surface area contributed by atoms with Crippen LogP contribution in [0.3, 0.4) is 0 Å². The Balaban J connectivity index is 0.000000398. The Morgan fingerprint density at radius 3 is 1.30 bits per heavy atom. The summed E-state index contributed by atoms with van der Waals surface area (Å²) in [6.45, 7) is 16.4. The molecule has 4 fully saturated rings. The summed E-state index contributed by atoms with van der Waals surface area (Å²) in [5.41, 5.74) is 7.86. The minimum Gasteiger partial charge on any atom is -0.497 e. The summed E-state index contributed by atoms with van der Waals surface area (Å²) in [6.07, 6.45) is 36.5. The first-order chi connectivity index (χ1) is 27.6. The fourth-order valence-electron chi connectivity index (χ4n) is 11.1. The normalized spacial score (nSPS) is 33.0. The highest BCUT2D eigenvalue weighted by Gasteiger charge is 2.27. The van der Waals surface area contributed by atoms with Gasteiger partial charge in [0, 0.05) is 5.71 Å². The summed E-state index contributed by atoms with van der Waals surface area (Å²) in [6, 6.07) is 17.7. The van der Waals surface area contributed by atoms with Gasteiger partial charge < -0.3 is 4.74 Å². The topological polar surface area (TPSA) is 9.23 Å². The second kappa shape index (κ2) is 24.1. The van der Waals surface area contributed by atoms with E-state index < -0.39 is 0 Å². The van der Waals surface area contributed by atoms with Crippen LogP contribution in [0.2, 0.25) is 0 Å². The summed E-state index contributed by atoms with van der Waals surface area (Å²) in [7, 11) is 1.72. The van der Waals surface area contributed by atoms with Gasteiger partial charge >= 0.3 is 0 Å². The molecule has 0 bridgehead atoms. The Bertz CT molecular complexity index is 1450. The molecule has 1 nitrogen and oxygen atoms in total. The van der Waals surface area contributed by atoms with Crippen molar-refractivity contribution < 1.29 is 10.4 Å². The first-order valence-electron chi connectivity index (χ1n) is 24.6. The number of rotatable bonds is 5. The highest BCUT2D eigenvalue weighted by Crippen LogP contribution is 2.41. The lowest BCUT2D eigenvalue weighted by molar-refractivity contribution is 0.200. The van der Waals surface area contributed by atoms with Crippen molar-refractivity contribution in [2.24, 2.45) is 47.3 Å². The maximum absolute atomic E-state index is 5.17. The molecular formula is C56H96O. The second-order valence-corrected chi connectivity index (χ2v) is 20.8. The van der Waals surface area contributed by atoms with Crippen molar-refractivity contribution in [1.82, 2.24) is 0 Å². The zero-order valence-electron chi connectivity index (χ0n) is 38.5. The maximum atomic E-state index is 5.17. The summed E-state index contributed by atoms with van der Waals surface area (Å²) in [5, 5.41) is 0. The van der Waals surface area contributed by atoms with Gasteiger partial charge in [0.05, 0.1) is 7.11 Å². The number of hydrogen-bond donors (Lipinski definition) is 0. The summed E-state index contributed by atoms with van der Waals surface area (Å²) < 4.78 is 5.17. The van der Waals surface area contributed by atoms with Gasteiger partial charge in [-0.25, -0.2) is 0 Å². The maximum Gasteiger partial charge on any atom is 0.118 e. The summed E-state index contributed by atoms with van der Waals surface area (Å²) in [4.78, 5) is 0. The minimum atomic E-state index is 0. The van der Waals surface area contributed by atoms with E-state index in [-0.39, 0.29) is 5.71 Å². The fraction of sp³-hybridized carbons (Fsp3) is 0.714. The molecule has 0 amide bonds.